The Hall–Kier alpha value is -1.06. The quantitative estimate of drug-likeness (QED) is 0.793. The van der Waals surface area contributed by atoms with E-state index in [-0.39, 0.29) is 24.4 Å². The zero-order chi connectivity index (χ0) is 13.7. The van der Waals surface area contributed by atoms with Gasteiger partial charge in [0.2, 0.25) is 5.91 Å². The van der Waals surface area contributed by atoms with E-state index in [1.54, 1.807) is 0 Å². The van der Waals surface area contributed by atoms with E-state index in [0.29, 0.717) is 5.92 Å². The smallest absolute Gasteiger partial charge is 0.237 e. The largest absolute Gasteiger partial charge is 0.355 e. The highest BCUT2D eigenvalue weighted by atomic mass is 35.5. The molecule has 0 radical (unpaired) electrons. The van der Waals surface area contributed by atoms with E-state index in [4.69, 9.17) is 0 Å². The maximum atomic E-state index is 11.6. The van der Waals surface area contributed by atoms with Crippen LogP contribution in [-0.2, 0) is 11.2 Å². The Morgan fingerprint density at radius 1 is 1.35 bits per heavy atom. The summed E-state index contributed by atoms with van der Waals surface area (Å²) < 4.78 is 0. The molecule has 3 nitrogen and oxygen atoms in total. The zero-order valence-corrected chi connectivity index (χ0v) is 13.1. The summed E-state index contributed by atoms with van der Waals surface area (Å²) in [5.41, 5.74) is 2.73. The van der Waals surface area contributed by atoms with Crippen LogP contribution in [0.15, 0.2) is 24.3 Å². The third kappa shape index (κ3) is 4.80. The Bertz CT molecular complexity index is 413. The third-order valence-electron chi connectivity index (χ3n) is 3.73. The van der Waals surface area contributed by atoms with Gasteiger partial charge in [-0.1, -0.05) is 38.1 Å². The molecule has 0 spiro atoms. The summed E-state index contributed by atoms with van der Waals surface area (Å²) >= 11 is 0. The first kappa shape index (κ1) is 17.0. The molecular weight excluding hydrogens is 272 g/mol. The highest BCUT2D eigenvalue weighted by molar-refractivity contribution is 5.85. The van der Waals surface area contributed by atoms with Crippen LogP contribution >= 0.6 is 12.4 Å². The van der Waals surface area contributed by atoms with Gasteiger partial charge >= 0.3 is 0 Å². The van der Waals surface area contributed by atoms with Crippen molar-refractivity contribution in [3.63, 3.8) is 0 Å². The van der Waals surface area contributed by atoms with Crippen molar-refractivity contribution in [3.05, 3.63) is 35.4 Å². The second kappa shape index (κ2) is 8.28. The lowest BCUT2D eigenvalue weighted by Gasteiger charge is -2.26. The second-order valence-corrected chi connectivity index (χ2v) is 5.59. The van der Waals surface area contributed by atoms with E-state index in [1.165, 1.54) is 11.1 Å². The van der Waals surface area contributed by atoms with Crippen LogP contribution in [0, 0.1) is 0 Å². The minimum absolute atomic E-state index is 0. The molecule has 1 heterocycles. The van der Waals surface area contributed by atoms with E-state index < -0.39 is 0 Å². The van der Waals surface area contributed by atoms with Crippen LogP contribution in [0.4, 0.5) is 0 Å². The van der Waals surface area contributed by atoms with Gasteiger partial charge in [0.15, 0.2) is 0 Å². The first-order chi connectivity index (χ1) is 9.16. The number of aryl methyl sites for hydroxylation is 1. The van der Waals surface area contributed by atoms with Gasteiger partial charge in [0.05, 0.1) is 6.04 Å². The summed E-state index contributed by atoms with van der Waals surface area (Å²) in [6.45, 7) is 6.15. The molecular formula is C16H25ClN2O. The molecule has 2 N–H and O–H groups in total. The van der Waals surface area contributed by atoms with Crippen LogP contribution in [0.25, 0.3) is 0 Å². The van der Waals surface area contributed by atoms with Crippen molar-refractivity contribution in [3.8, 4) is 0 Å². The summed E-state index contributed by atoms with van der Waals surface area (Å²) in [6, 6.07) is 8.87. The van der Waals surface area contributed by atoms with Crippen molar-refractivity contribution in [1.82, 2.24) is 10.6 Å². The molecule has 1 aromatic rings. The molecule has 1 unspecified atom stereocenters. The van der Waals surface area contributed by atoms with Gasteiger partial charge in [0, 0.05) is 6.54 Å². The summed E-state index contributed by atoms with van der Waals surface area (Å²) in [6.07, 6.45) is 3.00. The predicted octanol–water partition coefficient (Wildman–Crippen LogP) is 2.64. The molecule has 4 heteroatoms. The van der Waals surface area contributed by atoms with Crippen molar-refractivity contribution in [2.45, 2.75) is 45.1 Å². The Morgan fingerprint density at radius 2 is 2.00 bits per heavy atom. The maximum absolute atomic E-state index is 11.6. The fourth-order valence-corrected chi connectivity index (χ4v) is 2.21. The van der Waals surface area contributed by atoms with Crippen molar-refractivity contribution in [2.24, 2.45) is 0 Å². The topological polar surface area (TPSA) is 41.1 Å². The number of rotatable bonds is 6. The van der Waals surface area contributed by atoms with Crippen LogP contribution in [0.5, 0.6) is 0 Å². The van der Waals surface area contributed by atoms with Crippen molar-refractivity contribution in [2.75, 3.05) is 13.1 Å². The molecule has 2 rings (SSSR count). The lowest BCUT2D eigenvalue weighted by atomic mass is 10.0. The Labute approximate surface area is 127 Å². The standard InChI is InChI=1S/C16H24N2O.ClH/c1-12(2)14-7-5-13(6-8-14)4-3-10-18-16(19)15-9-11-17-15;/h5-8,12,15,17H,3-4,9-11H2,1-2H3,(H,18,19);1H. The van der Waals surface area contributed by atoms with E-state index >= 15 is 0 Å². The van der Waals surface area contributed by atoms with Gasteiger partial charge in [0.1, 0.15) is 0 Å². The number of benzene rings is 1. The molecule has 1 saturated heterocycles. The van der Waals surface area contributed by atoms with Gasteiger partial charge in [-0.05, 0) is 42.9 Å². The van der Waals surface area contributed by atoms with Gasteiger partial charge in [0.25, 0.3) is 0 Å². The minimum atomic E-state index is 0. The molecule has 1 aliphatic heterocycles. The minimum Gasteiger partial charge on any atom is -0.355 e. The fourth-order valence-electron chi connectivity index (χ4n) is 2.21. The number of amides is 1. The lowest BCUT2D eigenvalue weighted by Crippen LogP contribution is -2.53. The van der Waals surface area contributed by atoms with E-state index in [1.807, 2.05) is 0 Å². The molecule has 20 heavy (non-hydrogen) atoms. The Balaban J connectivity index is 0.00000200. The number of halogens is 1. The molecule has 1 amide bonds. The van der Waals surface area contributed by atoms with Gasteiger partial charge in [-0.25, -0.2) is 0 Å². The van der Waals surface area contributed by atoms with Gasteiger partial charge < -0.3 is 10.6 Å². The number of nitrogens with one attached hydrogen (secondary N) is 2. The molecule has 1 fully saturated rings. The normalized spacial score (nSPS) is 17.2. The lowest BCUT2D eigenvalue weighted by molar-refractivity contribution is -0.124. The van der Waals surface area contributed by atoms with E-state index in [9.17, 15) is 4.79 Å². The Morgan fingerprint density at radius 3 is 2.50 bits per heavy atom. The zero-order valence-electron chi connectivity index (χ0n) is 12.3. The number of carbonyl (C=O) groups is 1. The van der Waals surface area contributed by atoms with Crippen molar-refractivity contribution < 1.29 is 4.79 Å². The van der Waals surface area contributed by atoms with E-state index in [0.717, 1.165) is 32.4 Å². The first-order valence-electron chi connectivity index (χ1n) is 7.27. The SMILES string of the molecule is CC(C)c1ccc(CCCNC(=O)C2CCN2)cc1.Cl. The second-order valence-electron chi connectivity index (χ2n) is 5.59. The maximum Gasteiger partial charge on any atom is 0.237 e. The third-order valence-corrected chi connectivity index (χ3v) is 3.73. The highest BCUT2D eigenvalue weighted by Crippen LogP contribution is 2.15. The molecule has 1 atom stereocenters. The summed E-state index contributed by atoms with van der Waals surface area (Å²) in [7, 11) is 0. The van der Waals surface area contributed by atoms with Crippen LogP contribution in [-0.4, -0.2) is 25.0 Å². The summed E-state index contributed by atoms with van der Waals surface area (Å²) in [5, 5.41) is 6.09. The van der Waals surface area contributed by atoms with Crippen LogP contribution in [0.3, 0.4) is 0 Å². The molecule has 112 valence electrons. The molecule has 1 aliphatic rings. The number of hydrogen-bond acceptors (Lipinski definition) is 2. The van der Waals surface area contributed by atoms with Crippen LogP contribution < -0.4 is 10.6 Å². The highest BCUT2D eigenvalue weighted by Gasteiger charge is 2.23. The average molecular weight is 297 g/mol. The average Bonchev–Trinajstić information content (AvgIpc) is 2.33. The first-order valence-corrected chi connectivity index (χ1v) is 7.27. The fraction of sp³-hybridized carbons (Fsp3) is 0.562. The van der Waals surface area contributed by atoms with Gasteiger partial charge in [-0.15, -0.1) is 12.4 Å². The molecule has 0 aliphatic carbocycles. The van der Waals surface area contributed by atoms with Gasteiger partial charge in [-0.2, -0.15) is 0 Å². The number of carbonyl (C=O) groups excluding carboxylic acids is 1. The molecule has 1 aromatic carbocycles. The van der Waals surface area contributed by atoms with Crippen LogP contribution in [0.2, 0.25) is 0 Å². The Kier molecular flexibility index (Phi) is 7.03. The van der Waals surface area contributed by atoms with Gasteiger partial charge in [-0.3, -0.25) is 4.79 Å². The predicted molar refractivity (Wildman–Crippen MR) is 85.5 cm³/mol. The molecule has 0 bridgehead atoms. The van der Waals surface area contributed by atoms with E-state index in [2.05, 4.69) is 48.7 Å². The monoisotopic (exact) mass is 296 g/mol. The number of hydrogen-bond donors (Lipinski definition) is 2. The summed E-state index contributed by atoms with van der Waals surface area (Å²) in [5.74, 6) is 0.740. The summed E-state index contributed by atoms with van der Waals surface area (Å²) in [4.78, 5) is 11.6. The molecule has 0 aromatic heterocycles. The van der Waals surface area contributed by atoms with Crippen molar-refractivity contribution in [1.29, 1.82) is 0 Å². The molecule has 0 saturated carbocycles. The van der Waals surface area contributed by atoms with Crippen molar-refractivity contribution >= 4 is 18.3 Å². The van der Waals surface area contributed by atoms with Crippen LogP contribution in [0.1, 0.15) is 43.7 Å².